The van der Waals surface area contributed by atoms with Gasteiger partial charge in [-0.15, -0.1) is 0 Å². The van der Waals surface area contributed by atoms with E-state index in [1.165, 1.54) is 4.90 Å². The number of aliphatic hydroxyl groups is 1. The highest BCUT2D eigenvalue weighted by Gasteiger charge is 2.72. The van der Waals surface area contributed by atoms with Gasteiger partial charge in [-0.3, -0.25) is 19.2 Å². The van der Waals surface area contributed by atoms with Gasteiger partial charge in [0.2, 0.25) is 11.8 Å². The summed E-state index contributed by atoms with van der Waals surface area (Å²) in [5.41, 5.74) is 1.71. The molecule has 2 N–H and O–H groups in total. The number of anilines is 2. The molecule has 11 heteroatoms. The van der Waals surface area contributed by atoms with Crippen molar-refractivity contribution in [3.05, 3.63) is 120 Å². The molecule has 2 saturated heterocycles. The summed E-state index contributed by atoms with van der Waals surface area (Å²) in [6.45, 7) is 5.71. The Morgan fingerprint density at radius 1 is 0.907 bits per heavy atom. The fourth-order valence-corrected chi connectivity index (χ4v) is 8.54. The predicted molar refractivity (Wildman–Crippen MR) is 204 cm³/mol. The van der Waals surface area contributed by atoms with E-state index < -0.39 is 60.2 Å². The van der Waals surface area contributed by atoms with E-state index in [1.807, 2.05) is 91.0 Å². The first kappa shape index (κ1) is 37.1. The number of carbonyl (C=O) groups excluding carboxylic acids is 4. The molecule has 1 spiro atoms. The van der Waals surface area contributed by atoms with E-state index in [-0.39, 0.29) is 37.7 Å². The molecule has 0 aliphatic carbocycles. The maximum Gasteiger partial charge on any atom is 0.313 e. The zero-order chi connectivity index (χ0) is 37.8. The van der Waals surface area contributed by atoms with Crippen LogP contribution in [0.1, 0.15) is 43.9 Å². The fraction of sp³-hybridized carbons (Fsp3) is 0.395. The van der Waals surface area contributed by atoms with Crippen LogP contribution in [0.2, 0.25) is 0 Å². The van der Waals surface area contributed by atoms with Crippen LogP contribution < -0.4 is 15.1 Å². The molecule has 3 amide bonds. The maximum absolute atomic E-state index is 15.2. The number of rotatable bonds is 9. The van der Waals surface area contributed by atoms with E-state index in [0.717, 1.165) is 24.3 Å². The van der Waals surface area contributed by atoms with Crippen molar-refractivity contribution in [1.29, 1.82) is 0 Å². The Morgan fingerprint density at radius 2 is 1.61 bits per heavy atom. The van der Waals surface area contributed by atoms with Crippen molar-refractivity contribution in [1.82, 2.24) is 10.2 Å². The van der Waals surface area contributed by atoms with Crippen LogP contribution in [0.15, 0.2) is 109 Å². The quantitative estimate of drug-likeness (QED) is 0.245. The van der Waals surface area contributed by atoms with Gasteiger partial charge in [0.05, 0.1) is 31.2 Å². The van der Waals surface area contributed by atoms with Crippen LogP contribution >= 0.6 is 0 Å². The summed E-state index contributed by atoms with van der Waals surface area (Å²) in [6.07, 6.45) is 6.27. The molecule has 282 valence electrons. The number of amides is 3. The van der Waals surface area contributed by atoms with Crippen LogP contribution in [0.25, 0.3) is 0 Å². The normalized spacial score (nSPS) is 28.1. The van der Waals surface area contributed by atoms with Crippen molar-refractivity contribution in [3.63, 3.8) is 0 Å². The van der Waals surface area contributed by atoms with E-state index in [9.17, 15) is 14.7 Å². The second kappa shape index (κ2) is 16.0. The van der Waals surface area contributed by atoms with Crippen molar-refractivity contribution < 1.29 is 33.8 Å². The standard InChI is InChI=1S/C43H48N4O7/c1-3-45(4-2)31-20-22-32(23-21-31)46-25-13-24-43-38(40(50)47(39(43)41(46)51)33(28-48)26-29-14-7-5-8-15-29)37-34(54-43)18-11-12-19-36(49)44-27-35(53-42(37)52)30-16-9-6-10-17-30/h5-11,13-18,20-24,33-35,37-39,48H,3-4,12,19,25-28H2,1-2H3,(H,44,49)/b18-11-/t33-,34+,35-,37-,38-,39+,43-/m1/s1. The lowest BCUT2D eigenvalue weighted by molar-refractivity contribution is -0.160. The van der Waals surface area contributed by atoms with Crippen LogP contribution in [-0.4, -0.2) is 90.3 Å². The Labute approximate surface area is 316 Å². The molecular weight excluding hydrogens is 684 g/mol. The summed E-state index contributed by atoms with van der Waals surface area (Å²) in [5, 5.41) is 13.8. The number of likely N-dealkylation sites (tertiary alicyclic amines) is 1. The lowest BCUT2D eigenvalue weighted by atomic mass is 9.77. The van der Waals surface area contributed by atoms with Gasteiger partial charge in [-0.2, -0.15) is 0 Å². The average molecular weight is 733 g/mol. The summed E-state index contributed by atoms with van der Waals surface area (Å²) in [6, 6.07) is 24.5. The monoisotopic (exact) mass is 732 g/mol. The Balaban J connectivity index is 1.32. The molecule has 0 unspecified atom stereocenters. The summed E-state index contributed by atoms with van der Waals surface area (Å²) < 4.78 is 13.1. The largest absolute Gasteiger partial charge is 0.455 e. The number of cyclic esters (lactones) is 1. The Kier molecular flexibility index (Phi) is 11.0. The minimum Gasteiger partial charge on any atom is -0.455 e. The highest BCUT2D eigenvalue weighted by Crippen LogP contribution is 2.54. The number of benzene rings is 3. The van der Waals surface area contributed by atoms with Gasteiger partial charge in [0.15, 0.2) is 0 Å². The molecule has 4 aliphatic rings. The number of esters is 1. The minimum absolute atomic E-state index is 0.0547. The van der Waals surface area contributed by atoms with Gasteiger partial charge in [0.25, 0.3) is 5.91 Å². The third-order valence-corrected chi connectivity index (χ3v) is 11.2. The first-order valence-corrected chi connectivity index (χ1v) is 19.0. The van der Waals surface area contributed by atoms with Crippen LogP contribution in [0.5, 0.6) is 0 Å². The SMILES string of the molecule is CCN(CC)c1ccc(N2CC=C[C@@]34O[C@H]5/C=C\CCC(=O)NC[C@H](c6ccccc6)OC(=O)[C@H]5[C@@H]3C(=O)N([C@@H](CO)Cc3ccccc3)[C@H]4C2=O)cc1. The van der Waals surface area contributed by atoms with Crippen molar-refractivity contribution in [3.8, 4) is 0 Å². The molecule has 2 fully saturated rings. The minimum atomic E-state index is -1.55. The van der Waals surface area contributed by atoms with E-state index in [2.05, 4.69) is 24.1 Å². The molecule has 3 aromatic rings. The van der Waals surface area contributed by atoms with E-state index >= 15 is 9.59 Å². The van der Waals surface area contributed by atoms with Gasteiger partial charge in [-0.05, 0) is 62.1 Å². The van der Waals surface area contributed by atoms with Crippen LogP contribution in [0, 0.1) is 11.8 Å². The van der Waals surface area contributed by atoms with Crippen LogP contribution in [0.3, 0.4) is 0 Å². The molecule has 11 nitrogen and oxygen atoms in total. The molecule has 0 bridgehead atoms. The molecule has 54 heavy (non-hydrogen) atoms. The van der Waals surface area contributed by atoms with Crippen LogP contribution in [0.4, 0.5) is 11.4 Å². The first-order chi connectivity index (χ1) is 26.3. The van der Waals surface area contributed by atoms with Crippen LogP contribution in [-0.2, 0) is 35.1 Å². The van der Waals surface area contributed by atoms with Gasteiger partial charge >= 0.3 is 5.97 Å². The second-order valence-corrected chi connectivity index (χ2v) is 14.3. The van der Waals surface area contributed by atoms with E-state index in [1.54, 1.807) is 23.1 Å². The maximum atomic E-state index is 15.2. The zero-order valence-electron chi connectivity index (χ0n) is 30.8. The van der Waals surface area contributed by atoms with Crippen molar-refractivity contribution in [2.24, 2.45) is 11.8 Å². The fourth-order valence-electron chi connectivity index (χ4n) is 8.54. The number of carbonyl (C=O) groups is 4. The molecule has 7 rings (SSSR count). The van der Waals surface area contributed by atoms with Gasteiger partial charge in [0, 0.05) is 37.4 Å². The number of allylic oxidation sites excluding steroid dienone is 1. The second-order valence-electron chi connectivity index (χ2n) is 14.3. The molecule has 4 heterocycles. The van der Waals surface area contributed by atoms with Gasteiger partial charge in [0.1, 0.15) is 23.7 Å². The first-order valence-electron chi connectivity index (χ1n) is 19.0. The third kappa shape index (κ3) is 6.94. The number of nitrogens with one attached hydrogen (secondary N) is 1. The highest BCUT2D eigenvalue weighted by molar-refractivity contribution is 6.05. The smallest absolute Gasteiger partial charge is 0.313 e. The lowest BCUT2D eigenvalue weighted by Crippen LogP contribution is -2.58. The van der Waals surface area contributed by atoms with Gasteiger partial charge in [-0.1, -0.05) is 85.0 Å². The number of fused-ring (bicyclic) bond motifs is 2. The van der Waals surface area contributed by atoms with Crippen molar-refractivity contribution >= 4 is 35.1 Å². The number of ether oxygens (including phenoxy) is 2. The summed E-state index contributed by atoms with van der Waals surface area (Å²) >= 11 is 0. The number of aliphatic hydroxyl groups excluding tert-OH is 1. The number of hydrogen-bond donors (Lipinski definition) is 2. The molecule has 4 aliphatic heterocycles. The lowest BCUT2D eigenvalue weighted by Gasteiger charge is -2.38. The molecule has 3 aromatic carbocycles. The zero-order valence-corrected chi connectivity index (χ0v) is 30.8. The number of hydrogen-bond acceptors (Lipinski definition) is 8. The molecule has 0 aromatic heterocycles. The summed E-state index contributed by atoms with van der Waals surface area (Å²) in [7, 11) is 0. The third-order valence-electron chi connectivity index (χ3n) is 11.2. The molecule has 7 atom stereocenters. The highest BCUT2D eigenvalue weighted by atomic mass is 16.6. The van der Waals surface area contributed by atoms with Crippen molar-refractivity contribution in [2.75, 3.05) is 42.6 Å². The van der Waals surface area contributed by atoms with E-state index in [0.29, 0.717) is 17.7 Å². The van der Waals surface area contributed by atoms with E-state index in [4.69, 9.17) is 9.47 Å². The van der Waals surface area contributed by atoms with Crippen molar-refractivity contribution in [2.45, 2.75) is 63.0 Å². The van der Waals surface area contributed by atoms with Gasteiger partial charge in [-0.25, -0.2) is 0 Å². The number of nitrogens with zero attached hydrogens (tertiary/aromatic N) is 3. The molecule has 0 saturated carbocycles. The molecule has 0 radical (unpaired) electrons. The Morgan fingerprint density at radius 3 is 2.30 bits per heavy atom. The Hall–Kier alpha value is -5.26. The topological polar surface area (TPSA) is 129 Å². The molecular formula is C43H48N4O7. The predicted octanol–water partition coefficient (Wildman–Crippen LogP) is 4.37. The summed E-state index contributed by atoms with van der Waals surface area (Å²) in [4.78, 5) is 62.9. The van der Waals surface area contributed by atoms with Gasteiger partial charge < -0.3 is 34.6 Å². The average Bonchev–Trinajstić information content (AvgIpc) is 3.59. The Bertz CT molecular complexity index is 1880. The summed E-state index contributed by atoms with van der Waals surface area (Å²) in [5.74, 6) is -3.92.